The molecule has 2 amide bonds. The number of nitrogens with one attached hydrogen (secondary N) is 2. The molecule has 0 aliphatic heterocycles. The monoisotopic (exact) mass is 383 g/mol. The number of carbonyl (C=O) groups is 2. The lowest BCUT2D eigenvalue weighted by Crippen LogP contribution is -2.15. The lowest BCUT2D eigenvalue weighted by Gasteiger charge is -2.11. The van der Waals surface area contributed by atoms with E-state index in [2.05, 4.69) is 10.6 Å². The van der Waals surface area contributed by atoms with Gasteiger partial charge in [0.2, 0.25) is 5.91 Å². The fourth-order valence-electron chi connectivity index (χ4n) is 3.09. The van der Waals surface area contributed by atoms with Gasteiger partial charge in [0.25, 0.3) is 5.91 Å². The Morgan fingerprint density at radius 1 is 0.929 bits per heavy atom. The van der Waals surface area contributed by atoms with E-state index in [1.54, 1.807) is 42.7 Å². The number of amides is 2. The molecule has 0 aliphatic carbocycles. The van der Waals surface area contributed by atoms with E-state index < -0.39 is 17.5 Å². The number of aromatic nitrogens is 1. The van der Waals surface area contributed by atoms with Crippen LogP contribution in [0, 0.1) is 25.5 Å². The topological polar surface area (TPSA) is 63.1 Å². The van der Waals surface area contributed by atoms with Crippen molar-refractivity contribution in [2.75, 3.05) is 10.6 Å². The number of aryl methyl sites for hydroxylation is 1. The highest BCUT2D eigenvalue weighted by Crippen LogP contribution is 2.25. The molecule has 144 valence electrons. The fraction of sp³-hybridized carbons (Fsp3) is 0.143. The minimum Gasteiger partial charge on any atom is -0.326 e. The molecule has 2 N–H and O–H groups in total. The second-order valence-electron chi connectivity index (χ2n) is 6.40. The molecule has 28 heavy (non-hydrogen) atoms. The van der Waals surface area contributed by atoms with Gasteiger partial charge in [-0.15, -0.1) is 0 Å². The predicted molar refractivity (Wildman–Crippen MR) is 104 cm³/mol. The van der Waals surface area contributed by atoms with E-state index in [0.29, 0.717) is 28.3 Å². The third kappa shape index (κ3) is 3.78. The number of hydrogen-bond acceptors (Lipinski definition) is 2. The largest absolute Gasteiger partial charge is 0.326 e. The Bertz CT molecular complexity index is 1070. The number of rotatable bonds is 4. The van der Waals surface area contributed by atoms with Crippen LogP contribution in [-0.2, 0) is 4.79 Å². The van der Waals surface area contributed by atoms with Crippen molar-refractivity contribution < 1.29 is 18.4 Å². The molecule has 5 nitrogen and oxygen atoms in total. The highest BCUT2D eigenvalue weighted by atomic mass is 19.1. The molecule has 1 heterocycles. The molecule has 3 rings (SSSR count). The third-order valence-electron chi connectivity index (χ3n) is 4.30. The van der Waals surface area contributed by atoms with Crippen molar-refractivity contribution in [3.05, 3.63) is 77.1 Å². The summed E-state index contributed by atoms with van der Waals surface area (Å²) in [5.41, 5.74) is 2.12. The van der Waals surface area contributed by atoms with Crippen molar-refractivity contribution in [3.63, 3.8) is 0 Å². The lowest BCUT2D eigenvalue weighted by molar-refractivity contribution is -0.114. The van der Waals surface area contributed by atoms with Gasteiger partial charge in [-0.05, 0) is 50.2 Å². The van der Waals surface area contributed by atoms with Crippen LogP contribution in [0.15, 0.2) is 48.5 Å². The standard InChI is InChI=1S/C21H19F2N3O2/c1-12-10-16(13(2)26(12)20-7-5-4-6-18(20)23)21(28)25-19-11-15(24-14(3)27)8-9-17(19)22/h4-11H,1-3H3,(H,24,27)(H,25,28). The van der Waals surface area contributed by atoms with Gasteiger partial charge in [-0.3, -0.25) is 9.59 Å². The summed E-state index contributed by atoms with van der Waals surface area (Å²) in [6, 6.07) is 11.8. The van der Waals surface area contributed by atoms with E-state index >= 15 is 0 Å². The Morgan fingerprint density at radius 2 is 1.64 bits per heavy atom. The number of carbonyl (C=O) groups excluding carboxylic acids is 2. The molecular formula is C21H19F2N3O2. The Kier molecular flexibility index (Phi) is 5.26. The predicted octanol–water partition coefficient (Wildman–Crippen LogP) is 4.58. The van der Waals surface area contributed by atoms with E-state index in [1.165, 1.54) is 25.1 Å². The first-order valence-electron chi connectivity index (χ1n) is 8.60. The summed E-state index contributed by atoms with van der Waals surface area (Å²) in [5.74, 6) is -1.89. The first-order valence-corrected chi connectivity index (χ1v) is 8.60. The molecule has 0 aliphatic rings. The molecule has 0 bridgehead atoms. The summed E-state index contributed by atoms with van der Waals surface area (Å²) in [5, 5.41) is 5.05. The van der Waals surface area contributed by atoms with Crippen LogP contribution < -0.4 is 10.6 Å². The molecular weight excluding hydrogens is 364 g/mol. The molecule has 3 aromatic rings. The quantitative estimate of drug-likeness (QED) is 0.693. The third-order valence-corrected chi connectivity index (χ3v) is 4.30. The Morgan fingerprint density at radius 3 is 2.32 bits per heavy atom. The zero-order valence-corrected chi connectivity index (χ0v) is 15.6. The van der Waals surface area contributed by atoms with Crippen LogP contribution in [-0.4, -0.2) is 16.4 Å². The van der Waals surface area contributed by atoms with Gasteiger partial charge >= 0.3 is 0 Å². The summed E-state index contributed by atoms with van der Waals surface area (Å²) >= 11 is 0. The van der Waals surface area contributed by atoms with E-state index in [0.717, 1.165) is 6.07 Å². The number of para-hydroxylation sites is 1. The molecule has 0 atom stereocenters. The summed E-state index contributed by atoms with van der Waals surface area (Å²) < 4.78 is 29.9. The average Bonchev–Trinajstić information content (AvgIpc) is 2.92. The van der Waals surface area contributed by atoms with Gasteiger partial charge in [0.1, 0.15) is 11.6 Å². The highest BCUT2D eigenvalue weighted by Gasteiger charge is 2.19. The van der Waals surface area contributed by atoms with Gasteiger partial charge in [0.15, 0.2) is 0 Å². The van der Waals surface area contributed by atoms with Crippen molar-refractivity contribution in [2.45, 2.75) is 20.8 Å². The minimum atomic E-state index is -0.634. The molecule has 0 fully saturated rings. The molecule has 0 saturated heterocycles. The summed E-state index contributed by atoms with van der Waals surface area (Å²) in [7, 11) is 0. The Balaban J connectivity index is 1.94. The number of anilines is 2. The van der Waals surface area contributed by atoms with Crippen LogP contribution >= 0.6 is 0 Å². The fourth-order valence-corrected chi connectivity index (χ4v) is 3.09. The Hall–Kier alpha value is -3.48. The molecule has 0 radical (unpaired) electrons. The van der Waals surface area contributed by atoms with E-state index in [9.17, 15) is 18.4 Å². The first-order chi connectivity index (χ1) is 13.3. The van der Waals surface area contributed by atoms with Gasteiger partial charge in [0.05, 0.1) is 16.9 Å². The molecule has 0 saturated carbocycles. The zero-order chi connectivity index (χ0) is 20.4. The smallest absolute Gasteiger partial charge is 0.257 e. The van der Waals surface area contributed by atoms with Crippen LogP contribution in [0.3, 0.4) is 0 Å². The molecule has 7 heteroatoms. The van der Waals surface area contributed by atoms with E-state index in [1.807, 2.05) is 0 Å². The highest BCUT2D eigenvalue weighted by molar-refractivity contribution is 6.06. The number of benzene rings is 2. The Labute approximate surface area is 161 Å². The van der Waals surface area contributed by atoms with Crippen LogP contribution in [0.1, 0.15) is 28.7 Å². The molecule has 2 aromatic carbocycles. The van der Waals surface area contributed by atoms with Gasteiger partial charge in [-0.1, -0.05) is 12.1 Å². The average molecular weight is 383 g/mol. The van der Waals surface area contributed by atoms with Crippen molar-refractivity contribution in [1.82, 2.24) is 4.57 Å². The van der Waals surface area contributed by atoms with Crippen molar-refractivity contribution in [3.8, 4) is 5.69 Å². The summed E-state index contributed by atoms with van der Waals surface area (Å²) in [6.07, 6.45) is 0. The summed E-state index contributed by atoms with van der Waals surface area (Å²) in [4.78, 5) is 23.9. The minimum absolute atomic E-state index is 0.0630. The number of nitrogens with zero attached hydrogens (tertiary/aromatic N) is 1. The van der Waals surface area contributed by atoms with Crippen LogP contribution in [0.2, 0.25) is 0 Å². The normalized spacial score (nSPS) is 10.6. The number of hydrogen-bond donors (Lipinski definition) is 2. The zero-order valence-electron chi connectivity index (χ0n) is 15.6. The summed E-state index contributed by atoms with van der Waals surface area (Å²) in [6.45, 7) is 4.78. The van der Waals surface area contributed by atoms with Gasteiger partial charge in [-0.2, -0.15) is 0 Å². The van der Waals surface area contributed by atoms with Crippen molar-refractivity contribution in [2.24, 2.45) is 0 Å². The SMILES string of the molecule is CC(=O)Nc1ccc(F)c(NC(=O)c2cc(C)n(-c3ccccc3F)c2C)c1. The van der Waals surface area contributed by atoms with Gasteiger partial charge in [0, 0.05) is 24.0 Å². The van der Waals surface area contributed by atoms with Crippen LogP contribution in [0.5, 0.6) is 0 Å². The maximum absolute atomic E-state index is 14.2. The molecule has 0 spiro atoms. The molecule has 1 aromatic heterocycles. The van der Waals surface area contributed by atoms with Gasteiger partial charge < -0.3 is 15.2 Å². The van der Waals surface area contributed by atoms with Crippen LogP contribution in [0.4, 0.5) is 20.2 Å². The molecule has 0 unspecified atom stereocenters. The van der Waals surface area contributed by atoms with Gasteiger partial charge in [-0.25, -0.2) is 8.78 Å². The van der Waals surface area contributed by atoms with Crippen molar-refractivity contribution >= 4 is 23.2 Å². The van der Waals surface area contributed by atoms with E-state index in [-0.39, 0.29) is 11.6 Å². The second-order valence-corrected chi connectivity index (χ2v) is 6.40. The lowest BCUT2D eigenvalue weighted by atomic mass is 10.2. The first kappa shape index (κ1) is 19.3. The van der Waals surface area contributed by atoms with Crippen molar-refractivity contribution in [1.29, 1.82) is 0 Å². The second kappa shape index (κ2) is 7.64. The maximum Gasteiger partial charge on any atom is 0.257 e. The maximum atomic E-state index is 14.2. The van der Waals surface area contributed by atoms with Crippen LogP contribution in [0.25, 0.3) is 5.69 Å². The van der Waals surface area contributed by atoms with E-state index in [4.69, 9.17) is 0 Å². The number of halogens is 2.